The fraction of sp³-hybridized carbons (Fsp3) is 0.133. The molecule has 0 aromatic heterocycles. The highest BCUT2D eigenvalue weighted by Crippen LogP contribution is 2.22. The Morgan fingerprint density at radius 2 is 1.95 bits per heavy atom. The van der Waals surface area contributed by atoms with Gasteiger partial charge in [0.05, 0.1) is 16.4 Å². The number of aryl methyl sites for hydroxylation is 1. The van der Waals surface area contributed by atoms with E-state index in [0.29, 0.717) is 0 Å². The zero-order chi connectivity index (χ0) is 16.1. The molecule has 1 amide bonds. The summed E-state index contributed by atoms with van der Waals surface area (Å²) in [5.74, 6) is -0.738. The van der Waals surface area contributed by atoms with Crippen molar-refractivity contribution in [3.8, 4) is 0 Å². The van der Waals surface area contributed by atoms with Gasteiger partial charge in [-0.15, -0.1) is 11.8 Å². The Morgan fingerprint density at radius 1 is 1.27 bits per heavy atom. The number of anilines is 1. The van der Waals surface area contributed by atoms with Gasteiger partial charge in [-0.25, -0.2) is 4.39 Å². The third-order valence-electron chi connectivity index (χ3n) is 2.81. The first-order valence-electron chi connectivity index (χ1n) is 6.39. The summed E-state index contributed by atoms with van der Waals surface area (Å²) in [6, 6.07) is 10.4. The lowest BCUT2D eigenvalue weighted by molar-refractivity contribution is -0.384. The normalized spacial score (nSPS) is 10.3. The molecule has 22 heavy (non-hydrogen) atoms. The molecule has 114 valence electrons. The number of benzene rings is 2. The molecule has 0 aliphatic rings. The highest BCUT2D eigenvalue weighted by atomic mass is 32.2. The van der Waals surface area contributed by atoms with Crippen molar-refractivity contribution in [2.45, 2.75) is 11.8 Å². The van der Waals surface area contributed by atoms with Crippen LogP contribution in [0.4, 0.5) is 15.8 Å². The minimum absolute atomic E-state index is 0.00404. The summed E-state index contributed by atoms with van der Waals surface area (Å²) in [5, 5.41) is 13.0. The average Bonchev–Trinajstić information content (AvgIpc) is 2.49. The Bertz CT molecular complexity index is 704. The highest BCUT2D eigenvalue weighted by molar-refractivity contribution is 8.00. The van der Waals surface area contributed by atoms with Crippen LogP contribution in [0.5, 0.6) is 0 Å². The second kappa shape index (κ2) is 7.04. The Labute approximate surface area is 130 Å². The first-order valence-corrected chi connectivity index (χ1v) is 7.37. The number of nitrogens with zero attached hydrogens (tertiary/aromatic N) is 1. The minimum atomic E-state index is -0.487. The van der Waals surface area contributed by atoms with Gasteiger partial charge in [0.2, 0.25) is 5.91 Å². The number of hydrogen-bond acceptors (Lipinski definition) is 4. The van der Waals surface area contributed by atoms with Crippen molar-refractivity contribution in [2.75, 3.05) is 11.1 Å². The van der Waals surface area contributed by atoms with E-state index < -0.39 is 10.7 Å². The van der Waals surface area contributed by atoms with Crippen LogP contribution in [0.3, 0.4) is 0 Å². The van der Waals surface area contributed by atoms with Gasteiger partial charge in [-0.1, -0.05) is 6.07 Å². The molecule has 0 aliphatic heterocycles. The van der Waals surface area contributed by atoms with Crippen LogP contribution in [0, 0.1) is 22.9 Å². The lowest BCUT2D eigenvalue weighted by Gasteiger charge is -2.07. The maximum atomic E-state index is 13.5. The van der Waals surface area contributed by atoms with E-state index in [-0.39, 0.29) is 23.0 Å². The van der Waals surface area contributed by atoms with Gasteiger partial charge in [0.15, 0.2) is 0 Å². The number of thioether (sulfide) groups is 1. The molecule has 2 rings (SSSR count). The van der Waals surface area contributed by atoms with E-state index >= 15 is 0 Å². The van der Waals surface area contributed by atoms with Crippen LogP contribution in [-0.2, 0) is 4.79 Å². The van der Waals surface area contributed by atoms with E-state index in [0.717, 1.165) is 10.5 Å². The summed E-state index contributed by atoms with van der Waals surface area (Å²) < 4.78 is 13.5. The summed E-state index contributed by atoms with van der Waals surface area (Å²) in [5.41, 5.74) is 0.990. The summed E-state index contributed by atoms with van der Waals surface area (Å²) in [4.78, 5) is 22.6. The van der Waals surface area contributed by atoms with Crippen molar-refractivity contribution in [1.29, 1.82) is 0 Å². The van der Waals surface area contributed by atoms with Crippen LogP contribution in [-0.4, -0.2) is 16.6 Å². The summed E-state index contributed by atoms with van der Waals surface area (Å²) in [6.07, 6.45) is 0. The van der Waals surface area contributed by atoms with E-state index in [2.05, 4.69) is 5.32 Å². The number of halogens is 1. The highest BCUT2D eigenvalue weighted by Gasteiger charge is 2.09. The molecule has 0 atom stereocenters. The molecule has 0 aliphatic carbocycles. The number of carbonyl (C=O) groups excluding carboxylic acids is 1. The van der Waals surface area contributed by atoms with Gasteiger partial charge in [0.1, 0.15) is 5.82 Å². The fourth-order valence-electron chi connectivity index (χ4n) is 1.73. The third-order valence-corrected chi connectivity index (χ3v) is 3.83. The lowest BCUT2D eigenvalue weighted by atomic mass is 10.2. The van der Waals surface area contributed by atoms with E-state index in [1.165, 1.54) is 30.0 Å². The fourth-order valence-corrected chi connectivity index (χ4v) is 2.43. The van der Waals surface area contributed by atoms with Crippen LogP contribution < -0.4 is 5.32 Å². The van der Waals surface area contributed by atoms with E-state index in [1.54, 1.807) is 31.2 Å². The number of amides is 1. The summed E-state index contributed by atoms with van der Waals surface area (Å²) >= 11 is 1.22. The molecule has 5 nitrogen and oxygen atoms in total. The van der Waals surface area contributed by atoms with Crippen molar-refractivity contribution in [1.82, 2.24) is 0 Å². The molecule has 0 fully saturated rings. The van der Waals surface area contributed by atoms with Crippen LogP contribution >= 0.6 is 11.8 Å². The average molecular weight is 320 g/mol. The van der Waals surface area contributed by atoms with E-state index in [9.17, 15) is 19.3 Å². The molecular weight excluding hydrogens is 307 g/mol. The molecule has 0 spiro atoms. The number of rotatable bonds is 5. The van der Waals surface area contributed by atoms with Crippen molar-refractivity contribution in [3.05, 3.63) is 64.0 Å². The Kier molecular flexibility index (Phi) is 5.11. The van der Waals surface area contributed by atoms with Crippen LogP contribution in [0.2, 0.25) is 0 Å². The number of nitro groups is 1. The van der Waals surface area contributed by atoms with Gasteiger partial charge < -0.3 is 5.32 Å². The van der Waals surface area contributed by atoms with Gasteiger partial charge in [-0.05, 0) is 36.8 Å². The van der Waals surface area contributed by atoms with Crippen molar-refractivity contribution in [2.24, 2.45) is 0 Å². The zero-order valence-corrected chi connectivity index (χ0v) is 12.5. The van der Waals surface area contributed by atoms with Crippen molar-refractivity contribution >= 4 is 29.0 Å². The minimum Gasteiger partial charge on any atom is -0.323 e. The number of hydrogen-bond donors (Lipinski definition) is 1. The Morgan fingerprint density at radius 3 is 2.59 bits per heavy atom. The Hall–Kier alpha value is -2.41. The molecule has 0 heterocycles. The molecule has 2 aromatic carbocycles. The Balaban J connectivity index is 1.92. The summed E-state index contributed by atoms with van der Waals surface area (Å²) in [7, 11) is 0. The molecule has 0 saturated carbocycles. The van der Waals surface area contributed by atoms with Crippen molar-refractivity contribution < 1.29 is 14.1 Å². The predicted octanol–water partition coefficient (Wildman–Crippen LogP) is 3.77. The second-order valence-electron chi connectivity index (χ2n) is 4.57. The SMILES string of the molecule is Cc1ccc(F)c(NC(=O)CSc2ccc([N+](=O)[O-])cc2)c1. The van der Waals surface area contributed by atoms with Gasteiger partial charge in [-0.3, -0.25) is 14.9 Å². The van der Waals surface area contributed by atoms with Gasteiger partial charge in [-0.2, -0.15) is 0 Å². The lowest BCUT2D eigenvalue weighted by Crippen LogP contribution is -2.15. The number of non-ortho nitro benzene ring substituents is 1. The monoisotopic (exact) mass is 320 g/mol. The molecule has 7 heteroatoms. The van der Waals surface area contributed by atoms with Crippen LogP contribution in [0.1, 0.15) is 5.56 Å². The van der Waals surface area contributed by atoms with Crippen molar-refractivity contribution in [3.63, 3.8) is 0 Å². The van der Waals surface area contributed by atoms with Gasteiger partial charge in [0.25, 0.3) is 5.69 Å². The molecule has 2 aromatic rings. The smallest absolute Gasteiger partial charge is 0.269 e. The quantitative estimate of drug-likeness (QED) is 0.517. The molecular formula is C15H13FN2O3S. The molecule has 1 N–H and O–H groups in total. The first kappa shape index (κ1) is 16.0. The van der Waals surface area contributed by atoms with Crippen LogP contribution in [0.15, 0.2) is 47.4 Å². The van der Waals surface area contributed by atoms with Gasteiger partial charge in [0, 0.05) is 17.0 Å². The second-order valence-corrected chi connectivity index (χ2v) is 5.62. The largest absolute Gasteiger partial charge is 0.323 e. The van der Waals surface area contributed by atoms with E-state index in [1.807, 2.05) is 0 Å². The topological polar surface area (TPSA) is 72.2 Å². The maximum Gasteiger partial charge on any atom is 0.269 e. The standard InChI is InChI=1S/C15H13FN2O3S/c1-10-2-7-13(16)14(8-10)17-15(19)9-22-12-5-3-11(4-6-12)18(20)21/h2-8H,9H2,1H3,(H,17,19). The maximum absolute atomic E-state index is 13.5. The molecule has 0 unspecified atom stereocenters. The first-order chi connectivity index (χ1) is 10.5. The van der Waals surface area contributed by atoms with Gasteiger partial charge >= 0.3 is 0 Å². The zero-order valence-electron chi connectivity index (χ0n) is 11.7. The molecule has 0 radical (unpaired) electrons. The number of carbonyl (C=O) groups is 1. The molecule has 0 saturated heterocycles. The predicted molar refractivity (Wildman–Crippen MR) is 83.6 cm³/mol. The number of nitro benzene ring substituents is 1. The number of nitrogens with one attached hydrogen (secondary N) is 1. The third kappa shape index (κ3) is 4.29. The molecule has 0 bridgehead atoms. The van der Waals surface area contributed by atoms with E-state index in [4.69, 9.17) is 0 Å². The summed E-state index contributed by atoms with van der Waals surface area (Å²) in [6.45, 7) is 1.81. The van der Waals surface area contributed by atoms with Crippen LogP contribution in [0.25, 0.3) is 0 Å².